The van der Waals surface area contributed by atoms with Gasteiger partial charge >= 0.3 is 5.97 Å². The van der Waals surface area contributed by atoms with E-state index in [9.17, 15) is 4.79 Å². The molecule has 1 aromatic rings. The first-order chi connectivity index (χ1) is 8.29. The van der Waals surface area contributed by atoms with Crippen molar-refractivity contribution >= 4 is 5.97 Å². The Morgan fingerprint density at radius 3 is 2.88 bits per heavy atom. The van der Waals surface area contributed by atoms with Gasteiger partial charge in [0.05, 0.1) is 0 Å². The first-order valence-electron chi connectivity index (χ1n) is 6.13. The van der Waals surface area contributed by atoms with E-state index in [0.717, 1.165) is 19.3 Å². The van der Waals surface area contributed by atoms with Crippen LogP contribution in [0.3, 0.4) is 0 Å². The number of carbonyl (C=O) groups is 1. The van der Waals surface area contributed by atoms with Gasteiger partial charge in [-0.3, -0.25) is 0 Å². The van der Waals surface area contributed by atoms with E-state index in [1.807, 2.05) is 13.0 Å². The first kappa shape index (κ1) is 12.1. The van der Waals surface area contributed by atoms with Crippen LogP contribution < -0.4 is 0 Å². The van der Waals surface area contributed by atoms with Gasteiger partial charge in [-0.15, -0.1) is 0 Å². The van der Waals surface area contributed by atoms with Gasteiger partial charge in [0.15, 0.2) is 0 Å². The molecule has 1 unspecified atom stereocenters. The number of hydrogen-bond acceptors (Lipinski definition) is 3. The van der Waals surface area contributed by atoms with Crippen LogP contribution in [0.25, 0.3) is 0 Å². The standard InChI is InChI=1S/C14H18O3/c1-2-16-10-14(15)17-13-8-7-11-5-3-4-6-12(11)9-13/h3-6,13H,2,7-10H2,1H3. The molecule has 0 radical (unpaired) electrons. The van der Waals surface area contributed by atoms with E-state index in [2.05, 4.69) is 18.2 Å². The summed E-state index contributed by atoms with van der Waals surface area (Å²) < 4.78 is 10.4. The van der Waals surface area contributed by atoms with Gasteiger partial charge in [0, 0.05) is 13.0 Å². The van der Waals surface area contributed by atoms with Crippen LogP contribution in [0, 0.1) is 0 Å². The van der Waals surface area contributed by atoms with Crippen LogP contribution in [0.4, 0.5) is 0 Å². The molecule has 2 rings (SSSR count). The van der Waals surface area contributed by atoms with Crippen LogP contribution in [-0.2, 0) is 27.1 Å². The summed E-state index contributed by atoms with van der Waals surface area (Å²) in [4.78, 5) is 11.4. The van der Waals surface area contributed by atoms with Gasteiger partial charge in [-0.05, 0) is 30.9 Å². The van der Waals surface area contributed by atoms with Crippen molar-refractivity contribution in [1.82, 2.24) is 0 Å². The Morgan fingerprint density at radius 2 is 2.12 bits per heavy atom. The zero-order chi connectivity index (χ0) is 12.1. The highest BCUT2D eigenvalue weighted by Crippen LogP contribution is 2.22. The van der Waals surface area contributed by atoms with E-state index in [1.54, 1.807) is 0 Å². The quantitative estimate of drug-likeness (QED) is 0.749. The van der Waals surface area contributed by atoms with Crippen molar-refractivity contribution in [2.45, 2.75) is 32.3 Å². The molecule has 0 saturated heterocycles. The number of fused-ring (bicyclic) bond motifs is 1. The molecule has 0 bridgehead atoms. The largest absolute Gasteiger partial charge is 0.460 e. The van der Waals surface area contributed by atoms with Crippen molar-refractivity contribution in [3.63, 3.8) is 0 Å². The third-order valence-corrected chi connectivity index (χ3v) is 3.02. The number of esters is 1. The molecular formula is C14H18O3. The summed E-state index contributed by atoms with van der Waals surface area (Å²) in [7, 11) is 0. The van der Waals surface area contributed by atoms with Gasteiger partial charge in [0.2, 0.25) is 0 Å². The lowest BCUT2D eigenvalue weighted by Gasteiger charge is -2.24. The fourth-order valence-corrected chi connectivity index (χ4v) is 2.17. The Morgan fingerprint density at radius 1 is 1.35 bits per heavy atom. The Hall–Kier alpha value is -1.35. The Labute approximate surface area is 102 Å². The van der Waals surface area contributed by atoms with Crippen LogP contribution in [0.2, 0.25) is 0 Å². The minimum absolute atomic E-state index is 0.0119. The predicted octanol–water partition coefficient (Wildman–Crippen LogP) is 2.12. The summed E-state index contributed by atoms with van der Waals surface area (Å²) in [5, 5.41) is 0. The second kappa shape index (κ2) is 5.82. The monoisotopic (exact) mass is 234 g/mol. The number of ether oxygens (including phenoxy) is 2. The van der Waals surface area contributed by atoms with E-state index in [1.165, 1.54) is 11.1 Å². The van der Waals surface area contributed by atoms with Gasteiger partial charge < -0.3 is 9.47 Å². The average molecular weight is 234 g/mol. The van der Waals surface area contributed by atoms with Crippen molar-refractivity contribution in [3.8, 4) is 0 Å². The molecule has 3 heteroatoms. The number of benzene rings is 1. The Bertz CT molecular complexity index is 387. The highest BCUT2D eigenvalue weighted by Gasteiger charge is 2.21. The molecule has 3 nitrogen and oxygen atoms in total. The molecule has 0 aromatic heterocycles. The first-order valence-corrected chi connectivity index (χ1v) is 6.13. The fourth-order valence-electron chi connectivity index (χ4n) is 2.17. The van der Waals surface area contributed by atoms with Crippen LogP contribution in [-0.4, -0.2) is 25.3 Å². The molecule has 0 N–H and O–H groups in total. The molecule has 0 saturated carbocycles. The zero-order valence-electron chi connectivity index (χ0n) is 10.1. The number of hydrogen-bond donors (Lipinski definition) is 0. The number of rotatable bonds is 4. The van der Waals surface area contributed by atoms with Crippen molar-refractivity contribution in [2.75, 3.05) is 13.2 Å². The zero-order valence-corrected chi connectivity index (χ0v) is 10.1. The molecule has 0 spiro atoms. The molecule has 0 aliphatic heterocycles. The van der Waals surface area contributed by atoms with E-state index >= 15 is 0 Å². The Balaban J connectivity index is 1.88. The van der Waals surface area contributed by atoms with Crippen molar-refractivity contribution in [1.29, 1.82) is 0 Å². The molecule has 1 aromatic carbocycles. The minimum atomic E-state index is -0.253. The molecule has 17 heavy (non-hydrogen) atoms. The summed E-state index contributed by atoms with van der Waals surface area (Å²) >= 11 is 0. The van der Waals surface area contributed by atoms with Gasteiger partial charge in [-0.1, -0.05) is 24.3 Å². The molecule has 0 fully saturated rings. The van der Waals surface area contributed by atoms with Gasteiger partial charge in [0.1, 0.15) is 12.7 Å². The average Bonchev–Trinajstić information content (AvgIpc) is 2.36. The lowest BCUT2D eigenvalue weighted by molar-refractivity contribution is -0.154. The van der Waals surface area contributed by atoms with Gasteiger partial charge in [-0.25, -0.2) is 4.79 Å². The second-order valence-electron chi connectivity index (χ2n) is 4.26. The molecule has 92 valence electrons. The Kier molecular flexibility index (Phi) is 4.15. The number of aryl methyl sites for hydroxylation is 1. The summed E-state index contributed by atoms with van der Waals surface area (Å²) in [6.07, 6.45) is 2.74. The predicted molar refractivity (Wildman–Crippen MR) is 64.8 cm³/mol. The SMILES string of the molecule is CCOCC(=O)OC1CCc2ccccc2C1. The maximum Gasteiger partial charge on any atom is 0.332 e. The van der Waals surface area contributed by atoms with Crippen molar-refractivity contribution in [3.05, 3.63) is 35.4 Å². The molecule has 0 heterocycles. The molecule has 1 atom stereocenters. The van der Waals surface area contributed by atoms with E-state index < -0.39 is 0 Å². The number of carbonyl (C=O) groups excluding carboxylic acids is 1. The third-order valence-electron chi connectivity index (χ3n) is 3.02. The van der Waals surface area contributed by atoms with Crippen molar-refractivity contribution < 1.29 is 14.3 Å². The molecule has 1 aliphatic carbocycles. The normalized spacial score (nSPS) is 18.5. The van der Waals surface area contributed by atoms with E-state index in [0.29, 0.717) is 6.61 Å². The van der Waals surface area contributed by atoms with Crippen LogP contribution >= 0.6 is 0 Å². The fraction of sp³-hybridized carbons (Fsp3) is 0.500. The maximum atomic E-state index is 11.4. The molecule has 0 amide bonds. The van der Waals surface area contributed by atoms with Crippen LogP contribution in [0.5, 0.6) is 0 Å². The molecular weight excluding hydrogens is 216 g/mol. The summed E-state index contributed by atoms with van der Waals surface area (Å²) in [5.41, 5.74) is 2.68. The summed E-state index contributed by atoms with van der Waals surface area (Å²) in [6.45, 7) is 2.47. The van der Waals surface area contributed by atoms with Crippen LogP contribution in [0.1, 0.15) is 24.5 Å². The smallest absolute Gasteiger partial charge is 0.332 e. The second-order valence-corrected chi connectivity index (χ2v) is 4.26. The van der Waals surface area contributed by atoms with Gasteiger partial charge in [-0.2, -0.15) is 0 Å². The van der Waals surface area contributed by atoms with Crippen molar-refractivity contribution in [2.24, 2.45) is 0 Å². The van der Waals surface area contributed by atoms with E-state index in [-0.39, 0.29) is 18.7 Å². The highest BCUT2D eigenvalue weighted by atomic mass is 16.6. The van der Waals surface area contributed by atoms with Gasteiger partial charge in [0.25, 0.3) is 0 Å². The maximum absolute atomic E-state index is 11.4. The summed E-state index contributed by atoms with van der Waals surface area (Å²) in [5.74, 6) is -0.253. The van der Waals surface area contributed by atoms with E-state index in [4.69, 9.17) is 9.47 Å². The lowest BCUT2D eigenvalue weighted by atomic mass is 9.90. The molecule has 1 aliphatic rings. The summed E-state index contributed by atoms with van der Waals surface area (Å²) in [6, 6.07) is 8.34. The topological polar surface area (TPSA) is 35.5 Å². The minimum Gasteiger partial charge on any atom is -0.460 e. The van der Waals surface area contributed by atoms with Crippen LogP contribution in [0.15, 0.2) is 24.3 Å². The highest BCUT2D eigenvalue weighted by molar-refractivity contribution is 5.71. The lowest BCUT2D eigenvalue weighted by Crippen LogP contribution is -2.27. The third kappa shape index (κ3) is 3.30.